The molecule has 0 aliphatic rings. The molecule has 0 aromatic heterocycles. The highest BCUT2D eigenvalue weighted by Crippen LogP contribution is 2.12. The summed E-state index contributed by atoms with van der Waals surface area (Å²) in [7, 11) is -0.639. The van der Waals surface area contributed by atoms with Crippen LogP contribution in [0.4, 0.5) is 0 Å². The van der Waals surface area contributed by atoms with E-state index in [0.29, 0.717) is 0 Å². The monoisotopic (exact) mass is 176 g/mol. The molecular formula is C9H20OS. The molecular weight excluding hydrogens is 156 g/mol. The standard InChI is InChI=1S/C9H20OS/c1-5-6-7-8-11(10)9(2,3)4/h5-8H2,1-4H3. The Kier molecular flexibility index (Phi) is 4.98. The fourth-order valence-electron chi connectivity index (χ4n) is 0.789. The zero-order chi connectivity index (χ0) is 8.91. The summed E-state index contributed by atoms with van der Waals surface area (Å²) in [6.07, 6.45) is 3.53. The highest BCUT2D eigenvalue weighted by molar-refractivity contribution is 7.86. The molecule has 11 heavy (non-hydrogen) atoms. The van der Waals surface area contributed by atoms with Crippen molar-refractivity contribution in [2.24, 2.45) is 0 Å². The Morgan fingerprint density at radius 2 is 1.73 bits per heavy atom. The Morgan fingerprint density at radius 1 is 1.18 bits per heavy atom. The number of rotatable bonds is 4. The Hall–Kier alpha value is 0.150. The third-order valence-corrected chi connectivity index (χ3v) is 3.64. The van der Waals surface area contributed by atoms with Gasteiger partial charge in [0.05, 0.1) is 0 Å². The average molecular weight is 176 g/mol. The van der Waals surface area contributed by atoms with E-state index in [1.54, 1.807) is 0 Å². The summed E-state index contributed by atoms with van der Waals surface area (Å²) in [5.41, 5.74) is 0. The van der Waals surface area contributed by atoms with Gasteiger partial charge in [0.2, 0.25) is 0 Å². The first-order valence-electron chi connectivity index (χ1n) is 4.37. The zero-order valence-corrected chi connectivity index (χ0v) is 8.96. The normalized spacial score (nSPS) is 14.9. The Balaban J connectivity index is 3.54. The fraction of sp³-hybridized carbons (Fsp3) is 1.00. The lowest BCUT2D eigenvalue weighted by Gasteiger charge is -2.17. The molecule has 0 bridgehead atoms. The molecule has 0 N–H and O–H groups in total. The summed E-state index contributed by atoms with van der Waals surface area (Å²) in [6.45, 7) is 8.28. The van der Waals surface area contributed by atoms with E-state index in [2.05, 4.69) is 6.92 Å². The van der Waals surface area contributed by atoms with Gasteiger partial charge in [-0.2, -0.15) is 0 Å². The van der Waals surface area contributed by atoms with Gasteiger partial charge in [0, 0.05) is 21.3 Å². The molecule has 0 spiro atoms. The van der Waals surface area contributed by atoms with E-state index in [0.717, 1.165) is 12.2 Å². The van der Waals surface area contributed by atoms with Gasteiger partial charge >= 0.3 is 0 Å². The Labute approximate surface area is 73.0 Å². The molecule has 0 radical (unpaired) electrons. The van der Waals surface area contributed by atoms with Gasteiger partial charge in [0.25, 0.3) is 0 Å². The molecule has 0 aliphatic carbocycles. The van der Waals surface area contributed by atoms with Crippen molar-refractivity contribution in [3.8, 4) is 0 Å². The van der Waals surface area contributed by atoms with Crippen LogP contribution in [0.15, 0.2) is 0 Å². The van der Waals surface area contributed by atoms with Crippen molar-refractivity contribution in [1.29, 1.82) is 0 Å². The molecule has 0 fully saturated rings. The van der Waals surface area contributed by atoms with Crippen LogP contribution in [0.1, 0.15) is 47.0 Å². The second-order valence-corrected chi connectivity index (χ2v) is 6.19. The minimum Gasteiger partial charge on any atom is -0.259 e. The van der Waals surface area contributed by atoms with Crippen LogP contribution in [0, 0.1) is 0 Å². The van der Waals surface area contributed by atoms with E-state index in [4.69, 9.17) is 0 Å². The van der Waals surface area contributed by atoms with E-state index in [1.807, 2.05) is 20.8 Å². The van der Waals surface area contributed by atoms with Crippen LogP contribution in [0.2, 0.25) is 0 Å². The second-order valence-electron chi connectivity index (χ2n) is 3.87. The lowest BCUT2D eigenvalue weighted by Crippen LogP contribution is -2.23. The second kappa shape index (κ2) is 4.91. The molecule has 0 rings (SSSR count). The smallest absolute Gasteiger partial charge is 0.0375 e. The van der Waals surface area contributed by atoms with Crippen LogP contribution in [0.25, 0.3) is 0 Å². The average Bonchev–Trinajstić information content (AvgIpc) is 1.86. The lowest BCUT2D eigenvalue weighted by molar-refractivity contribution is 0.642. The molecule has 1 nitrogen and oxygen atoms in total. The maximum atomic E-state index is 11.5. The van der Waals surface area contributed by atoms with Crippen LogP contribution in [0.5, 0.6) is 0 Å². The first kappa shape index (κ1) is 11.2. The molecule has 0 heterocycles. The third-order valence-electron chi connectivity index (χ3n) is 1.62. The van der Waals surface area contributed by atoms with Crippen molar-refractivity contribution in [3.63, 3.8) is 0 Å². The summed E-state index contributed by atoms with van der Waals surface area (Å²) in [5, 5.41) is 0. The molecule has 2 heteroatoms. The molecule has 68 valence electrons. The molecule has 0 aliphatic heterocycles. The molecule has 0 saturated carbocycles. The van der Waals surface area contributed by atoms with Crippen LogP contribution in [0.3, 0.4) is 0 Å². The van der Waals surface area contributed by atoms with Gasteiger partial charge in [-0.3, -0.25) is 4.21 Å². The van der Waals surface area contributed by atoms with Crippen LogP contribution >= 0.6 is 0 Å². The van der Waals surface area contributed by atoms with Gasteiger partial charge in [-0.15, -0.1) is 0 Å². The first-order chi connectivity index (χ1) is 4.98. The van der Waals surface area contributed by atoms with Crippen molar-refractivity contribution in [3.05, 3.63) is 0 Å². The third kappa shape index (κ3) is 5.42. The molecule has 0 aromatic rings. The van der Waals surface area contributed by atoms with Crippen molar-refractivity contribution in [2.75, 3.05) is 5.75 Å². The van der Waals surface area contributed by atoms with Gasteiger partial charge in [-0.25, -0.2) is 0 Å². The molecule has 0 amide bonds. The van der Waals surface area contributed by atoms with Gasteiger partial charge in [-0.1, -0.05) is 19.8 Å². The van der Waals surface area contributed by atoms with Crippen molar-refractivity contribution >= 4 is 10.8 Å². The highest BCUT2D eigenvalue weighted by Gasteiger charge is 2.17. The summed E-state index contributed by atoms with van der Waals surface area (Å²) >= 11 is 0. The number of hydrogen-bond acceptors (Lipinski definition) is 1. The maximum absolute atomic E-state index is 11.5. The quantitative estimate of drug-likeness (QED) is 0.602. The molecule has 1 atom stereocenters. The Morgan fingerprint density at radius 3 is 2.09 bits per heavy atom. The molecule has 1 unspecified atom stereocenters. The minimum absolute atomic E-state index is 0.0201. The highest BCUT2D eigenvalue weighted by atomic mass is 32.2. The predicted octanol–water partition coefficient (Wildman–Crippen LogP) is 2.72. The van der Waals surface area contributed by atoms with Gasteiger partial charge in [0.1, 0.15) is 0 Å². The van der Waals surface area contributed by atoms with Crippen molar-refractivity contribution in [1.82, 2.24) is 0 Å². The van der Waals surface area contributed by atoms with Crippen molar-refractivity contribution in [2.45, 2.75) is 51.7 Å². The molecule has 0 aromatic carbocycles. The van der Waals surface area contributed by atoms with E-state index in [-0.39, 0.29) is 4.75 Å². The summed E-state index contributed by atoms with van der Waals surface area (Å²) in [4.78, 5) is 0. The predicted molar refractivity (Wildman–Crippen MR) is 52.3 cm³/mol. The number of unbranched alkanes of at least 4 members (excludes halogenated alkanes) is 2. The van der Waals surface area contributed by atoms with E-state index in [1.165, 1.54) is 12.8 Å². The summed E-state index contributed by atoms with van der Waals surface area (Å²) in [6, 6.07) is 0. The summed E-state index contributed by atoms with van der Waals surface area (Å²) < 4.78 is 11.4. The number of hydrogen-bond donors (Lipinski definition) is 0. The van der Waals surface area contributed by atoms with E-state index >= 15 is 0 Å². The van der Waals surface area contributed by atoms with Crippen LogP contribution in [-0.2, 0) is 10.8 Å². The first-order valence-corrected chi connectivity index (χ1v) is 5.69. The maximum Gasteiger partial charge on any atom is 0.0375 e. The van der Waals surface area contributed by atoms with Crippen LogP contribution in [-0.4, -0.2) is 14.7 Å². The minimum atomic E-state index is -0.639. The lowest BCUT2D eigenvalue weighted by atomic mass is 10.3. The van der Waals surface area contributed by atoms with Crippen molar-refractivity contribution < 1.29 is 4.21 Å². The van der Waals surface area contributed by atoms with E-state index < -0.39 is 10.8 Å². The molecule has 0 saturated heterocycles. The van der Waals surface area contributed by atoms with Crippen LogP contribution < -0.4 is 0 Å². The van der Waals surface area contributed by atoms with Gasteiger partial charge < -0.3 is 0 Å². The fourth-order valence-corrected chi connectivity index (χ4v) is 1.87. The largest absolute Gasteiger partial charge is 0.259 e. The van der Waals surface area contributed by atoms with E-state index in [9.17, 15) is 4.21 Å². The SMILES string of the molecule is CCCCCS(=O)C(C)(C)C. The zero-order valence-electron chi connectivity index (χ0n) is 8.14. The topological polar surface area (TPSA) is 17.1 Å². The van der Waals surface area contributed by atoms with Gasteiger partial charge in [0.15, 0.2) is 0 Å². The Bertz CT molecular complexity index is 124. The summed E-state index contributed by atoms with van der Waals surface area (Å²) in [5.74, 6) is 0.872. The van der Waals surface area contributed by atoms with Gasteiger partial charge in [-0.05, 0) is 27.2 Å².